The summed E-state index contributed by atoms with van der Waals surface area (Å²) in [5.74, 6) is -0.828. The number of nitrogens with one attached hydrogen (secondary N) is 1. The Morgan fingerprint density at radius 1 is 1.13 bits per heavy atom. The third-order valence-electron chi connectivity index (χ3n) is 4.70. The molecule has 2 N–H and O–H groups in total. The number of rotatable bonds is 5. The molecule has 0 fully saturated rings. The van der Waals surface area contributed by atoms with Gasteiger partial charge in [-0.15, -0.1) is 0 Å². The Bertz CT molecular complexity index is 1310. The molecule has 1 amide bonds. The van der Waals surface area contributed by atoms with Crippen LogP contribution < -0.4 is 5.43 Å². The van der Waals surface area contributed by atoms with E-state index in [1.54, 1.807) is 12.1 Å². The number of hydrazone groups is 1. The van der Waals surface area contributed by atoms with Gasteiger partial charge in [0.1, 0.15) is 5.52 Å². The molecule has 0 saturated carbocycles. The van der Waals surface area contributed by atoms with Crippen molar-refractivity contribution in [3.05, 3.63) is 88.1 Å². The molecule has 3 aromatic carbocycles. The minimum Gasteiger partial charge on any atom is -0.501 e. The SMILES string of the molecule is O=C(Cc1cccc2ccccc12)N/N=C\c1cc([N+](=O)[O-])c(O)c2ncccc12. The van der Waals surface area contributed by atoms with Gasteiger partial charge in [0.2, 0.25) is 11.7 Å². The molecule has 8 heteroatoms. The van der Waals surface area contributed by atoms with Gasteiger partial charge in [-0.3, -0.25) is 19.9 Å². The van der Waals surface area contributed by atoms with Crippen molar-refractivity contribution in [3.8, 4) is 5.75 Å². The molecular formula is C22H16N4O4. The third-order valence-corrected chi connectivity index (χ3v) is 4.70. The summed E-state index contributed by atoms with van der Waals surface area (Å²) in [5, 5.41) is 27.8. The number of aromatic nitrogens is 1. The Hall–Kier alpha value is -4.33. The number of carbonyl (C=O) groups excluding carboxylic acids is 1. The minimum atomic E-state index is -0.695. The normalized spacial score (nSPS) is 11.2. The molecule has 148 valence electrons. The van der Waals surface area contributed by atoms with Gasteiger partial charge in [0.15, 0.2) is 0 Å². The van der Waals surface area contributed by atoms with Gasteiger partial charge in [-0.2, -0.15) is 5.10 Å². The van der Waals surface area contributed by atoms with E-state index in [1.165, 1.54) is 18.5 Å². The molecule has 0 atom stereocenters. The molecule has 0 aliphatic rings. The Kier molecular flexibility index (Phi) is 5.04. The second-order valence-corrected chi connectivity index (χ2v) is 6.60. The first-order valence-electron chi connectivity index (χ1n) is 9.08. The Morgan fingerprint density at radius 3 is 2.73 bits per heavy atom. The first-order valence-corrected chi connectivity index (χ1v) is 9.08. The van der Waals surface area contributed by atoms with Crippen LogP contribution in [0.3, 0.4) is 0 Å². The van der Waals surface area contributed by atoms with Crippen molar-refractivity contribution in [1.82, 2.24) is 10.4 Å². The molecule has 0 radical (unpaired) electrons. The Labute approximate surface area is 170 Å². The highest BCUT2D eigenvalue weighted by atomic mass is 16.6. The highest BCUT2D eigenvalue weighted by Gasteiger charge is 2.19. The summed E-state index contributed by atoms with van der Waals surface area (Å²) < 4.78 is 0. The molecule has 1 heterocycles. The van der Waals surface area contributed by atoms with Crippen molar-refractivity contribution in [2.45, 2.75) is 6.42 Å². The van der Waals surface area contributed by atoms with Gasteiger partial charge in [0.25, 0.3) is 0 Å². The van der Waals surface area contributed by atoms with Crippen LogP contribution in [0.25, 0.3) is 21.7 Å². The zero-order valence-electron chi connectivity index (χ0n) is 15.6. The van der Waals surface area contributed by atoms with Gasteiger partial charge >= 0.3 is 5.69 Å². The van der Waals surface area contributed by atoms with Crippen molar-refractivity contribution >= 4 is 39.5 Å². The number of carbonyl (C=O) groups is 1. The predicted molar refractivity (Wildman–Crippen MR) is 113 cm³/mol. The van der Waals surface area contributed by atoms with Crippen molar-refractivity contribution in [1.29, 1.82) is 0 Å². The standard InChI is InChI=1S/C22H16N4O4/c27-20(12-15-7-3-6-14-5-1-2-8-17(14)15)25-24-13-16-11-19(26(29)30)22(28)21-18(16)9-4-10-23-21/h1-11,13,28H,12H2,(H,25,27)/b24-13-. The maximum atomic E-state index is 12.4. The molecular weight excluding hydrogens is 384 g/mol. The number of phenolic OH excluding ortho intramolecular Hbond substituents is 1. The van der Waals surface area contributed by atoms with E-state index in [0.717, 1.165) is 16.3 Å². The molecule has 4 rings (SSSR count). The summed E-state index contributed by atoms with van der Waals surface area (Å²) >= 11 is 0. The average Bonchev–Trinajstić information content (AvgIpc) is 2.75. The molecule has 0 aliphatic carbocycles. The monoisotopic (exact) mass is 400 g/mol. The van der Waals surface area contributed by atoms with Gasteiger partial charge in [0.05, 0.1) is 17.6 Å². The summed E-state index contributed by atoms with van der Waals surface area (Å²) in [6, 6.07) is 18.0. The number of hydrogen-bond donors (Lipinski definition) is 2. The Balaban J connectivity index is 1.57. The molecule has 1 aromatic heterocycles. The summed E-state index contributed by atoms with van der Waals surface area (Å²) in [4.78, 5) is 26.9. The van der Waals surface area contributed by atoms with Crippen LogP contribution in [0.1, 0.15) is 11.1 Å². The summed E-state index contributed by atoms with van der Waals surface area (Å²) in [7, 11) is 0. The highest BCUT2D eigenvalue weighted by molar-refractivity contribution is 6.03. The molecule has 30 heavy (non-hydrogen) atoms. The fourth-order valence-corrected chi connectivity index (χ4v) is 3.32. The maximum Gasteiger partial charge on any atom is 0.313 e. The van der Waals surface area contributed by atoms with Crippen LogP contribution in [0.2, 0.25) is 0 Å². The summed E-state index contributed by atoms with van der Waals surface area (Å²) in [6.07, 6.45) is 2.87. The van der Waals surface area contributed by atoms with E-state index in [4.69, 9.17) is 0 Å². The zero-order chi connectivity index (χ0) is 21.1. The van der Waals surface area contributed by atoms with Crippen LogP contribution in [-0.4, -0.2) is 27.1 Å². The quantitative estimate of drug-likeness (QED) is 0.301. The Morgan fingerprint density at radius 2 is 1.90 bits per heavy atom. The molecule has 0 spiro atoms. The number of nitro benzene ring substituents is 1. The lowest BCUT2D eigenvalue weighted by atomic mass is 10.0. The fourth-order valence-electron chi connectivity index (χ4n) is 3.32. The van der Waals surface area contributed by atoms with Crippen LogP contribution in [0.4, 0.5) is 5.69 Å². The second-order valence-electron chi connectivity index (χ2n) is 6.60. The van der Waals surface area contributed by atoms with Crippen LogP contribution in [0, 0.1) is 10.1 Å². The van der Waals surface area contributed by atoms with Crippen LogP contribution in [0.5, 0.6) is 5.75 Å². The van der Waals surface area contributed by atoms with E-state index in [-0.39, 0.29) is 17.8 Å². The first kappa shape index (κ1) is 19.0. The lowest BCUT2D eigenvalue weighted by molar-refractivity contribution is -0.385. The number of benzene rings is 3. The molecule has 0 unspecified atom stereocenters. The number of aromatic hydroxyl groups is 1. The van der Waals surface area contributed by atoms with Crippen molar-refractivity contribution in [2.24, 2.45) is 5.10 Å². The van der Waals surface area contributed by atoms with Gasteiger partial charge in [-0.1, -0.05) is 48.5 Å². The van der Waals surface area contributed by atoms with Crippen molar-refractivity contribution < 1.29 is 14.8 Å². The van der Waals surface area contributed by atoms with Crippen molar-refractivity contribution in [3.63, 3.8) is 0 Å². The van der Waals surface area contributed by atoms with Crippen LogP contribution in [-0.2, 0) is 11.2 Å². The molecule has 8 nitrogen and oxygen atoms in total. The summed E-state index contributed by atoms with van der Waals surface area (Å²) in [6.45, 7) is 0. The predicted octanol–water partition coefficient (Wildman–Crippen LogP) is 3.69. The second kappa shape index (κ2) is 7.96. The number of amides is 1. The lowest BCUT2D eigenvalue weighted by Crippen LogP contribution is -2.19. The third kappa shape index (κ3) is 3.66. The molecule has 4 aromatic rings. The fraction of sp³-hybridized carbons (Fsp3) is 0.0455. The van der Waals surface area contributed by atoms with Crippen LogP contribution in [0.15, 0.2) is 72.0 Å². The van der Waals surface area contributed by atoms with Gasteiger partial charge in [0, 0.05) is 23.2 Å². The van der Waals surface area contributed by atoms with Gasteiger partial charge in [-0.25, -0.2) is 5.43 Å². The number of phenols is 1. The largest absolute Gasteiger partial charge is 0.501 e. The van der Waals surface area contributed by atoms with E-state index in [1.807, 2.05) is 42.5 Å². The molecule has 0 bridgehead atoms. The number of nitro groups is 1. The van der Waals surface area contributed by atoms with Gasteiger partial charge in [-0.05, 0) is 22.4 Å². The average molecular weight is 400 g/mol. The number of pyridine rings is 1. The zero-order valence-corrected chi connectivity index (χ0v) is 15.6. The van der Waals surface area contributed by atoms with Gasteiger partial charge < -0.3 is 5.11 Å². The maximum absolute atomic E-state index is 12.4. The highest BCUT2D eigenvalue weighted by Crippen LogP contribution is 2.34. The number of nitrogens with zero attached hydrogens (tertiary/aromatic N) is 3. The lowest BCUT2D eigenvalue weighted by Gasteiger charge is -2.06. The smallest absolute Gasteiger partial charge is 0.313 e. The molecule has 0 aliphatic heterocycles. The van der Waals surface area contributed by atoms with Crippen molar-refractivity contribution in [2.75, 3.05) is 0 Å². The van der Waals surface area contributed by atoms with E-state index in [0.29, 0.717) is 10.9 Å². The number of hydrogen-bond acceptors (Lipinski definition) is 6. The first-order chi connectivity index (χ1) is 14.5. The van der Waals surface area contributed by atoms with E-state index >= 15 is 0 Å². The molecule has 0 saturated heterocycles. The van der Waals surface area contributed by atoms with E-state index in [9.17, 15) is 20.0 Å². The number of fused-ring (bicyclic) bond motifs is 2. The van der Waals surface area contributed by atoms with E-state index in [2.05, 4.69) is 15.5 Å². The van der Waals surface area contributed by atoms with E-state index < -0.39 is 16.4 Å². The topological polar surface area (TPSA) is 118 Å². The van der Waals surface area contributed by atoms with Crippen LogP contribution >= 0.6 is 0 Å². The minimum absolute atomic E-state index is 0.0928. The summed E-state index contributed by atoms with van der Waals surface area (Å²) in [5.41, 5.74) is 3.29.